The van der Waals surface area contributed by atoms with Gasteiger partial charge in [-0.1, -0.05) is 0 Å². The Hall–Kier alpha value is -2.65. The van der Waals surface area contributed by atoms with Crippen LogP contribution in [0.3, 0.4) is 0 Å². The van der Waals surface area contributed by atoms with Crippen molar-refractivity contribution in [3.05, 3.63) is 18.2 Å². The van der Waals surface area contributed by atoms with Crippen molar-refractivity contribution in [2.24, 2.45) is 11.8 Å². The van der Waals surface area contributed by atoms with E-state index in [1.54, 1.807) is 11.9 Å². The maximum Gasteiger partial charge on any atom is 0.249 e. The van der Waals surface area contributed by atoms with Crippen LogP contribution in [0.4, 0.5) is 17.1 Å². The Balaban J connectivity index is 1.20. The van der Waals surface area contributed by atoms with Crippen molar-refractivity contribution in [2.45, 2.75) is 63.5 Å². The monoisotopic (exact) mass is 524 g/mol. The second-order valence-electron chi connectivity index (χ2n) is 11.6. The molecule has 4 heterocycles. The molecule has 1 unspecified atom stereocenters. The fourth-order valence-corrected chi connectivity index (χ4v) is 7.12. The fourth-order valence-electron chi connectivity index (χ4n) is 7.12. The molecule has 1 aromatic rings. The Morgan fingerprint density at radius 1 is 0.868 bits per heavy atom. The molecule has 9 heteroatoms. The average Bonchev–Trinajstić information content (AvgIpc) is 2.97. The van der Waals surface area contributed by atoms with E-state index in [-0.39, 0.29) is 11.8 Å². The maximum atomic E-state index is 12.5. The van der Waals surface area contributed by atoms with Gasteiger partial charge < -0.3 is 24.9 Å². The van der Waals surface area contributed by atoms with Crippen LogP contribution in [-0.4, -0.2) is 88.6 Å². The summed E-state index contributed by atoms with van der Waals surface area (Å²) in [4.78, 5) is 44.5. The van der Waals surface area contributed by atoms with Crippen LogP contribution in [0.2, 0.25) is 0 Å². The molecule has 3 amide bonds. The van der Waals surface area contributed by atoms with E-state index in [0.29, 0.717) is 12.8 Å². The van der Waals surface area contributed by atoms with E-state index in [4.69, 9.17) is 0 Å². The molecule has 0 bridgehead atoms. The number of nitrogens with one attached hydrogen (secondary N) is 2. The first-order valence-corrected chi connectivity index (χ1v) is 14.5. The topological polar surface area (TPSA) is 88.2 Å². The molecule has 9 nitrogen and oxygen atoms in total. The number of likely N-dealkylation sites (N-methyl/N-ethyl adjacent to an activating group) is 1. The third kappa shape index (κ3) is 5.83. The number of amides is 3. The molecule has 4 saturated heterocycles. The molecule has 0 spiro atoms. The molecule has 38 heavy (non-hydrogen) atoms. The summed E-state index contributed by atoms with van der Waals surface area (Å²) in [6.07, 6.45) is 9.31. The number of imide groups is 1. The van der Waals surface area contributed by atoms with Gasteiger partial charge in [-0.25, -0.2) is 0 Å². The lowest BCUT2D eigenvalue weighted by Crippen LogP contribution is -2.51. The van der Waals surface area contributed by atoms with Gasteiger partial charge in [0.25, 0.3) is 0 Å². The summed E-state index contributed by atoms with van der Waals surface area (Å²) in [5, 5.41) is 5.93. The van der Waals surface area contributed by atoms with Crippen molar-refractivity contribution >= 4 is 35.3 Å². The Morgan fingerprint density at radius 3 is 2.16 bits per heavy atom. The minimum absolute atomic E-state index is 0.226. The minimum atomic E-state index is -0.436. The summed E-state index contributed by atoms with van der Waals surface area (Å²) < 4.78 is 0. The van der Waals surface area contributed by atoms with E-state index >= 15 is 0 Å². The van der Waals surface area contributed by atoms with Crippen molar-refractivity contribution in [3.8, 4) is 0 Å². The summed E-state index contributed by atoms with van der Waals surface area (Å²) in [6.45, 7) is 6.93. The van der Waals surface area contributed by atoms with E-state index in [0.717, 1.165) is 54.4 Å². The zero-order chi connectivity index (χ0) is 26.6. The lowest BCUT2D eigenvalue weighted by atomic mass is 9.78. The number of carbonyl (C=O) groups is 3. The Morgan fingerprint density at radius 2 is 1.53 bits per heavy atom. The Labute approximate surface area is 226 Å². The van der Waals surface area contributed by atoms with Crippen LogP contribution in [0.15, 0.2) is 18.2 Å². The van der Waals surface area contributed by atoms with Crippen LogP contribution >= 0.6 is 0 Å². The van der Waals surface area contributed by atoms with E-state index in [1.165, 1.54) is 64.7 Å². The number of hydrogen-bond donors (Lipinski definition) is 2. The molecule has 4 aliphatic heterocycles. The second-order valence-corrected chi connectivity index (χ2v) is 11.6. The van der Waals surface area contributed by atoms with Crippen molar-refractivity contribution in [1.82, 2.24) is 15.5 Å². The van der Waals surface area contributed by atoms with Gasteiger partial charge in [-0.05, 0) is 101 Å². The summed E-state index contributed by atoms with van der Waals surface area (Å²) in [7, 11) is 3.61. The van der Waals surface area contributed by atoms with Crippen molar-refractivity contribution in [1.29, 1.82) is 0 Å². The van der Waals surface area contributed by atoms with Gasteiger partial charge >= 0.3 is 0 Å². The first-order valence-electron chi connectivity index (χ1n) is 14.5. The van der Waals surface area contributed by atoms with Gasteiger partial charge in [0.15, 0.2) is 0 Å². The highest BCUT2D eigenvalue weighted by atomic mass is 16.2. The zero-order valence-corrected chi connectivity index (χ0v) is 23.0. The molecule has 208 valence electrons. The van der Waals surface area contributed by atoms with E-state index in [2.05, 4.69) is 32.6 Å². The van der Waals surface area contributed by atoms with Gasteiger partial charge in [0.2, 0.25) is 18.2 Å². The van der Waals surface area contributed by atoms with Crippen molar-refractivity contribution in [2.75, 3.05) is 68.1 Å². The van der Waals surface area contributed by atoms with Crippen LogP contribution in [0, 0.1) is 11.8 Å². The van der Waals surface area contributed by atoms with Gasteiger partial charge in [0, 0.05) is 45.3 Å². The van der Waals surface area contributed by atoms with Gasteiger partial charge in [-0.3, -0.25) is 19.7 Å². The molecule has 0 aliphatic carbocycles. The van der Waals surface area contributed by atoms with Crippen LogP contribution < -0.4 is 25.3 Å². The molecule has 4 fully saturated rings. The molecule has 2 N–H and O–H groups in total. The van der Waals surface area contributed by atoms with Crippen molar-refractivity contribution < 1.29 is 14.4 Å². The van der Waals surface area contributed by atoms with E-state index in [9.17, 15) is 14.4 Å². The van der Waals surface area contributed by atoms with Crippen molar-refractivity contribution in [3.63, 3.8) is 0 Å². The van der Waals surface area contributed by atoms with Crippen LogP contribution in [0.5, 0.6) is 0 Å². The molecule has 0 saturated carbocycles. The summed E-state index contributed by atoms with van der Waals surface area (Å²) in [5.74, 6) is 1.14. The quantitative estimate of drug-likeness (QED) is 0.418. The number of piperidine rings is 4. The SMILES string of the molecule is CN(C=O)c1cc(N2CCC(C3CCN(C4CCNCC4)CC3)CC2)ccc1N(C)C1CCC(=O)NC1=O. The van der Waals surface area contributed by atoms with E-state index < -0.39 is 6.04 Å². The van der Waals surface area contributed by atoms with Crippen LogP contribution in [0.1, 0.15) is 51.4 Å². The Kier molecular flexibility index (Phi) is 8.53. The molecule has 5 rings (SSSR count). The molecule has 4 aliphatic rings. The highest BCUT2D eigenvalue weighted by Gasteiger charge is 2.33. The highest BCUT2D eigenvalue weighted by molar-refractivity contribution is 6.02. The first-order chi connectivity index (χ1) is 18.4. The maximum absolute atomic E-state index is 12.5. The standard InChI is InChI=1S/C29H44N6O3/c1-32(20-36)27-19-24(3-4-25(27)33(2)26-5-6-28(37)31-29(26)38)35-17-11-22(12-18-35)21-9-15-34(16-10-21)23-7-13-30-14-8-23/h3-4,19-23,26,30H,5-18H2,1-2H3,(H,31,37,38). The number of anilines is 3. The third-order valence-corrected chi connectivity index (χ3v) is 9.53. The predicted molar refractivity (Wildman–Crippen MR) is 151 cm³/mol. The first kappa shape index (κ1) is 26.9. The molecular weight excluding hydrogens is 480 g/mol. The smallest absolute Gasteiger partial charge is 0.249 e. The van der Waals surface area contributed by atoms with Crippen LogP contribution in [0.25, 0.3) is 0 Å². The zero-order valence-electron chi connectivity index (χ0n) is 23.0. The minimum Gasteiger partial charge on any atom is -0.371 e. The van der Waals surface area contributed by atoms with Gasteiger partial charge in [0.05, 0.1) is 11.4 Å². The molecular formula is C29H44N6O3. The Bertz CT molecular complexity index is 996. The number of benzene rings is 1. The molecule has 0 aromatic heterocycles. The summed E-state index contributed by atoms with van der Waals surface area (Å²) in [6, 6.07) is 6.54. The van der Waals surface area contributed by atoms with Crippen LogP contribution in [-0.2, 0) is 14.4 Å². The largest absolute Gasteiger partial charge is 0.371 e. The summed E-state index contributed by atoms with van der Waals surface area (Å²) >= 11 is 0. The average molecular weight is 525 g/mol. The van der Waals surface area contributed by atoms with E-state index in [1.807, 2.05) is 18.0 Å². The number of likely N-dealkylation sites (tertiary alicyclic amines) is 1. The molecule has 0 radical (unpaired) electrons. The number of carbonyl (C=O) groups excluding carboxylic acids is 3. The normalized spacial score (nSPS) is 24.8. The third-order valence-electron chi connectivity index (χ3n) is 9.53. The summed E-state index contributed by atoms with van der Waals surface area (Å²) in [5.41, 5.74) is 2.71. The van der Waals surface area contributed by atoms with Gasteiger partial charge in [0.1, 0.15) is 6.04 Å². The second kappa shape index (κ2) is 12.0. The molecule has 1 atom stereocenters. The predicted octanol–water partition coefficient (Wildman–Crippen LogP) is 2.20. The number of nitrogens with zero attached hydrogens (tertiary/aromatic N) is 4. The highest BCUT2D eigenvalue weighted by Crippen LogP contribution is 2.38. The lowest BCUT2D eigenvalue weighted by molar-refractivity contribution is -0.134. The molecule has 1 aromatic carbocycles. The number of rotatable bonds is 7. The number of hydrogen-bond acceptors (Lipinski definition) is 7. The van der Waals surface area contributed by atoms with Gasteiger partial charge in [-0.2, -0.15) is 0 Å². The lowest BCUT2D eigenvalue weighted by Gasteiger charge is -2.43. The fraction of sp³-hybridized carbons (Fsp3) is 0.690. The van der Waals surface area contributed by atoms with Gasteiger partial charge in [-0.15, -0.1) is 0 Å².